The van der Waals surface area contributed by atoms with Crippen molar-refractivity contribution in [1.29, 1.82) is 0 Å². The summed E-state index contributed by atoms with van der Waals surface area (Å²) in [7, 11) is 0. The minimum Gasteiger partial charge on any atom is -0.463 e. The normalized spacial score (nSPS) is 18.4. The van der Waals surface area contributed by atoms with Crippen molar-refractivity contribution >= 4 is 17.6 Å². The minimum absolute atomic E-state index is 0.125. The molecule has 2 unspecified atom stereocenters. The average Bonchev–Trinajstić information content (AvgIpc) is 3.20. The second-order valence-electron chi connectivity index (χ2n) is 7.98. The van der Waals surface area contributed by atoms with E-state index in [1.54, 1.807) is 13.0 Å². The Hall–Kier alpha value is -2.06. The van der Waals surface area contributed by atoms with E-state index in [-0.39, 0.29) is 12.6 Å². The van der Waals surface area contributed by atoms with Gasteiger partial charge in [0.2, 0.25) is 0 Å². The molecule has 0 spiro atoms. The number of halogens is 1. The van der Waals surface area contributed by atoms with E-state index in [2.05, 4.69) is 26.6 Å². The van der Waals surface area contributed by atoms with E-state index in [1.165, 1.54) is 0 Å². The molecule has 0 radical (unpaired) electrons. The van der Waals surface area contributed by atoms with Crippen molar-refractivity contribution in [3.05, 3.63) is 58.5 Å². The monoisotopic (exact) mass is 448 g/mol. The lowest BCUT2D eigenvalue weighted by atomic mass is 10.0. The first-order valence-corrected chi connectivity index (χ1v) is 11.2. The Bertz CT molecular complexity index is 862. The van der Waals surface area contributed by atoms with Gasteiger partial charge in [0.05, 0.1) is 25.8 Å². The Morgan fingerprint density at radius 2 is 2.03 bits per heavy atom. The fraction of sp³-hybridized carbons (Fsp3) is 0.522. The highest BCUT2D eigenvalue weighted by Gasteiger charge is 2.27. The molecule has 1 aliphatic heterocycles. The number of benzene rings is 1. The number of furan rings is 1. The van der Waals surface area contributed by atoms with Gasteiger partial charge in [0.1, 0.15) is 17.1 Å². The summed E-state index contributed by atoms with van der Waals surface area (Å²) in [6.07, 6.45) is 0. The average molecular weight is 449 g/mol. The van der Waals surface area contributed by atoms with Crippen LogP contribution in [-0.4, -0.2) is 61.9 Å². The van der Waals surface area contributed by atoms with E-state index in [1.807, 2.05) is 38.1 Å². The Morgan fingerprint density at radius 1 is 1.26 bits per heavy atom. The van der Waals surface area contributed by atoms with Crippen molar-refractivity contribution in [3.8, 4) is 0 Å². The number of guanidine groups is 1. The third kappa shape index (κ3) is 6.71. The van der Waals surface area contributed by atoms with Gasteiger partial charge in [-0.1, -0.05) is 23.7 Å². The number of ether oxygens (including phenoxy) is 1. The third-order valence-electron chi connectivity index (χ3n) is 5.34. The summed E-state index contributed by atoms with van der Waals surface area (Å²) in [6, 6.07) is 11.7. The smallest absolute Gasteiger partial charge is 0.191 e. The zero-order valence-corrected chi connectivity index (χ0v) is 19.3. The number of hydrogen-bond acceptors (Lipinski definition) is 5. The van der Waals surface area contributed by atoms with Gasteiger partial charge in [0, 0.05) is 31.2 Å². The molecule has 0 amide bonds. The first kappa shape index (κ1) is 23.6. The van der Waals surface area contributed by atoms with E-state index in [0.717, 1.165) is 42.6 Å². The van der Waals surface area contributed by atoms with Crippen molar-refractivity contribution < 1.29 is 14.3 Å². The summed E-state index contributed by atoms with van der Waals surface area (Å²) in [5.74, 6) is 1.92. The Labute approximate surface area is 189 Å². The van der Waals surface area contributed by atoms with Gasteiger partial charge in [0.25, 0.3) is 0 Å². The maximum absolute atomic E-state index is 10.8. The van der Waals surface area contributed by atoms with Crippen LogP contribution in [0.2, 0.25) is 5.02 Å². The van der Waals surface area contributed by atoms with E-state index in [0.29, 0.717) is 24.8 Å². The fourth-order valence-electron chi connectivity index (χ4n) is 3.63. The summed E-state index contributed by atoms with van der Waals surface area (Å²) in [6.45, 7) is 10.3. The number of nitrogens with one attached hydrogen (secondary N) is 2. The molecule has 170 valence electrons. The zero-order valence-electron chi connectivity index (χ0n) is 18.5. The molecule has 3 rings (SSSR count). The number of nitrogens with zero attached hydrogens (tertiary/aromatic N) is 2. The van der Waals surface area contributed by atoms with Gasteiger partial charge in [-0.25, -0.2) is 4.99 Å². The number of morpholine rings is 1. The lowest BCUT2D eigenvalue weighted by molar-refractivity contribution is 0.0169. The van der Waals surface area contributed by atoms with Gasteiger partial charge in [-0.05, 0) is 50.6 Å². The van der Waals surface area contributed by atoms with Crippen molar-refractivity contribution in [3.63, 3.8) is 0 Å². The van der Waals surface area contributed by atoms with Crippen LogP contribution in [0.3, 0.4) is 0 Å². The van der Waals surface area contributed by atoms with Crippen LogP contribution in [0.5, 0.6) is 0 Å². The molecule has 1 saturated heterocycles. The van der Waals surface area contributed by atoms with E-state index in [9.17, 15) is 5.11 Å². The van der Waals surface area contributed by atoms with Crippen LogP contribution in [0.4, 0.5) is 0 Å². The van der Waals surface area contributed by atoms with Gasteiger partial charge in [0.15, 0.2) is 5.96 Å². The number of aliphatic hydroxyl groups is 1. The molecule has 7 nitrogen and oxygen atoms in total. The predicted molar refractivity (Wildman–Crippen MR) is 124 cm³/mol. The lowest BCUT2D eigenvalue weighted by Crippen LogP contribution is -2.46. The topological polar surface area (TPSA) is 82.3 Å². The van der Waals surface area contributed by atoms with Gasteiger partial charge in [-0.15, -0.1) is 0 Å². The van der Waals surface area contributed by atoms with E-state index >= 15 is 0 Å². The van der Waals surface area contributed by atoms with E-state index in [4.69, 9.17) is 20.8 Å². The molecule has 1 fully saturated rings. The molecule has 8 heteroatoms. The molecule has 0 aliphatic carbocycles. The van der Waals surface area contributed by atoms with Crippen molar-refractivity contribution in [2.45, 2.75) is 32.4 Å². The van der Waals surface area contributed by atoms with Crippen LogP contribution in [0.1, 0.15) is 37.0 Å². The molecule has 2 atom stereocenters. The molecule has 0 bridgehead atoms. The second kappa shape index (κ2) is 11.0. The van der Waals surface area contributed by atoms with Crippen molar-refractivity contribution in [1.82, 2.24) is 15.5 Å². The number of rotatable bonds is 8. The number of aliphatic imine (C=N–C) groups is 1. The number of aryl methyl sites for hydroxylation is 1. The highest BCUT2D eigenvalue weighted by Crippen LogP contribution is 2.25. The van der Waals surface area contributed by atoms with E-state index < -0.39 is 5.60 Å². The SMILES string of the molecule is CCNC(=NCC(C)(O)c1ccc(C)o1)NCC(c1cccc(Cl)c1)N1CCOCC1. The second-order valence-corrected chi connectivity index (χ2v) is 8.42. The lowest BCUT2D eigenvalue weighted by Gasteiger charge is -2.35. The summed E-state index contributed by atoms with van der Waals surface area (Å²) < 4.78 is 11.1. The van der Waals surface area contributed by atoms with Gasteiger partial charge in [-0.3, -0.25) is 4.90 Å². The first-order valence-electron chi connectivity index (χ1n) is 10.8. The zero-order chi connectivity index (χ0) is 22.3. The highest BCUT2D eigenvalue weighted by molar-refractivity contribution is 6.30. The maximum atomic E-state index is 10.8. The standard InChI is InChI=1S/C23H33ClN4O3/c1-4-25-22(27-16-23(3,29)21-9-8-17(2)31-21)26-15-20(28-10-12-30-13-11-28)18-6-5-7-19(24)14-18/h5-9,14,20,29H,4,10-13,15-16H2,1-3H3,(H2,25,26,27). The van der Waals surface area contributed by atoms with Gasteiger partial charge in [-0.2, -0.15) is 0 Å². The minimum atomic E-state index is -1.19. The molecule has 0 saturated carbocycles. The summed E-state index contributed by atoms with van der Waals surface area (Å²) >= 11 is 6.26. The van der Waals surface area contributed by atoms with Crippen LogP contribution in [0.15, 0.2) is 45.8 Å². The summed E-state index contributed by atoms with van der Waals surface area (Å²) in [4.78, 5) is 7.01. The molecule has 2 heterocycles. The molecule has 2 aromatic rings. The van der Waals surface area contributed by atoms with Crippen LogP contribution >= 0.6 is 11.6 Å². The maximum Gasteiger partial charge on any atom is 0.191 e. The van der Waals surface area contributed by atoms with Crippen molar-refractivity contribution in [2.24, 2.45) is 4.99 Å². The van der Waals surface area contributed by atoms with Crippen molar-refractivity contribution in [2.75, 3.05) is 45.9 Å². The Kier molecular flexibility index (Phi) is 8.37. The predicted octanol–water partition coefficient (Wildman–Crippen LogP) is 3.08. The van der Waals surface area contributed by atoms with Crippen LogP contribution in [-0.2, 0) is 10.3 Å². The Balaban J connectivity index is 1.72. The quantitative estimate of drug-likeness (QED) is 0.425. The van der Waals surface area contributed by atoms with Gasteiger partial charge >= 0.3 is 0 Å². The first-order chi connectivity index (χ1) is 14.9. The largest absolute Gasteiger partial charge is 0.463 e. The molecule has 1 aromatic heterocycles. The number of hydrogen-bond donors (Lipinski definition) is 3. The fourth-order valence-corrected chi connectivity index (χ4v) is 3.83. The summed E-state index contributed by atoms with van der Waals surface area (Å²) in [5.41, 5.74) is -0.0384. The van der Waals surface area contributed by atoms with Crippen LogP contribution < -0.4 is 10.6 Å². The third-order valence-corrected chi connectivity index (χ3v) is 5.58. The molecular formula is C23H33ClN4O3. The molecule has 31 heavy (non-hydrogen) atoms. The molecular weight excluding hydrogens is 416 g/mol. The highest BCUT2D eigenvalue weighted by atomic mass is 35.5. The van der Waals surface area contributed by atoms with Gasteiger partial charge < -0.3 is 24.9 Å². The van der Waals surface area contributed by atoms with Crippen LogP contribution in [0, 0.1) is 6.92 Å². The molecule has 1 aliphatic rings. The Morgan fingerprint density at radius 3 is 2.68 bits per heavy atom. The van der Waals surface area contributed by atoms with Crippen LogP contribution in [0.25, 0.3) is 0 Å². The molecule has 1 aromatic carbocycles. The molecule has 3 N–H and O–H groups in total. The summed E-state index contributed by atoms with van der Waals surface area (Å²) in [5, 5.41) is 18.2.